The predicted molar refractivity (Wildman–Crippen MR) is 62.4 cm³/mol. The largest absolute Gasteiger partial charge is 0.318 e. The lowest BCUT2D eigenvalue weighted by molar-refractivity contribution is -0.112. The highest BCUT2D eigenvalue weighted by Gasteiger charge is 2.28. The van der Waals surface area contributed by atoms with Gasteiger partial charge in [-0.1, -0.05) is 29.4 Å². The Hall–Kier alpha value is -2.59. The normalized spacial score (nSPS) is 13.4. The maximum absolute atomic E-state index is 11.4. The van der Waals surface area contributed by atoms with Crippen LogP contribution in [0, 0.1) is 0 Å². The first-order chi connectivity index (χ1) is 8.24. The van der Waals surface area contributed by atoms with Crippen molar-refractivity contribution in [3.8, 4) is 0 Å². The van der Waals surface area contributed by atoms with Gasteiger partial charge in [0.25, 0.3) is 11.7 Å². The van der Waals surface area contributed by atoms with E-state index < -0.39 is 11.7 Å². The van der Waals surface area contributed by atoms with Crippen LogP contribution in [0.1, 0.15) is 15.9 Å². The van der Waals surface area contributed by atoms with Gasteiger partial charge in [-0.25, -0.2) is 0 Å². The lowest BCUT2D eigenvalue weighted by Crippen LogP contribution is -2.12. The molecule has 1 amide bonds. The Morgan fingerprint density at radius 1 is 1.41 bits per heavy atom. The molecule has 17 heavy (non-hydrogen) atoms. The fraction of sp³-hybridized carbons (Fsp3) is 0.0909. The van der Waals surface area contributed by atoms with Crippen molar-refractivity contribution in [2.75, 3.05) is 11.9 Å². The van der Waals surface area contributed by atoms with Gasteiger partial charge in [0, 0.05) is 11.5 Å². The van der Waals surface area contributed by atoms with Gasteiger partial charge in [-0.05, 0) is 17.2 Å². The highest BCUT2D eigenvalue weighted by Crippen LogP contribution is 2.27. The number of rotatable bonds is 3. The molecule has 84 valence electrons. The number of carbonyl (C=O) groups excluding carboxylic acids is 2. The van der Waals surface area contributed by atoms with E-state index in [9.17, 15) is 9.59 Å². The van der Waals surface area contributed by atoms with Crippen LogP contribution in [0.3, 0.4) is 0 Å². The number of para-hydroxylation sites is 1. The van der Waals surface area contributed by atoms with Gasteiger partial charge < -0.3 is 5.32 Å². The lowest BCUT2D eigenvalue weighted by atomic mass is 10.1. The average molecular weight is 228 g/mol. The molecule has 6 nitrogen and oxygen atoms in total. The number of Topliss-reactive ketones (excluding diaryl/α,β-unsaturated/α-hetero) is 1. The van der Waals surface area contributed by atoms with E-state index in [2.05, 4.69) is 15.3 Å². The van der Waals surface area contributed by atoms with Crippen molar-refractivity contribution in [1.82, 2.24) is 0 Å². The zero-order valence-corrected chi connectivity index (χ0v) is 8.75. The van der Waals surface area contributed by atoms with E-state index in [1.165, 1.54) is 0 Å². The number of nitrogens with one attached hydrogen (secondary N) is 1. The second-order valence-corrected chi connectivity index (χ2v) is 3.37. The Bertz CT molecular complexity index is 571. The number of nitrogens with zero attached hydrogens (tertiary/aromatic N) is 3. The number of ketones is 1. The fourth-order valence-electron chi connectivity index (χ4n) is 1.59. The van der Waals surface area contributed by atoms with Crippen LogP contribution >= 0.6 is 0 Å². The quantitative estimate of drug-likeness (QED) is 0.371. The SMILES string of the molecule is [N-]=[N+]=NCC=Cc1cccc2c1NC(=O)C2=O. The third kappa shape index (κ3) is 2.02. The molecule has 1 N–H and O–H groups in total. The molecule has 6 heteroatoms. The standard InChI is InChI=1S/C11H8N4O2/c12-15-13-6-2-4-7-3-1-5-8-9(7)14-11(17)10(8)16/h1-5H,6H2,(H,14,16,17). The zero-order valence-electron chi connectivity index (χ0n) is 8.75. The monoisotopic (exact) mass is 228 g/mol. The number of hydrogen-bond acceptors (Lipinski definition) is 3. The highest BCUT2D eigenvalue weighted by atomic mass is 16.2. The first-order valence-corrected chi connectivity index (χ1v) is 4.90. The van der Waals surface area contributed by atoms with Gasteiger partial charge in [0.05, 0.1) is 11.3 Å². The van der Waals surface area contributed by atoms with E-state index in [4.69, 9.17) is 5.53 Å². The summed E-state index contributed by atoms with van der Waals surface area (Å²) in [6.45, 7) is 0.224. The van der Waals surface area contributed by atoms with Crippen LogP contribution in [0.5, 0.6) is 0 Å². The molecule has 1 heterocycles. The Kier molecular flexibility index (Phi) is 2.89. The fourth-order valence-corrected chi connectivity index (χ4v) is 1.59. The number of fused-ring (bicyclic) bond motifs is 1. The number of hydrogen-bond donors (Lipinski definition) is 1. The van der Waals surface area contributed by atoms with Gasteiger partial charge >= 0.3 is 0 Å². The number of carbonyl (C=O) groups is 2. The first-order valence-electron chi connectivity index (χ1n) is 4.90. The Labute approximate surface area is 96.6 Å². The molecule has 1 aromatic carbocycles. The van der Waals surface area contributed by atoms with Crippen molar-refractivity contribution in [1.29, 1.82) is 0 Å². The van der Waals surface area contributed by atoms with Crippen LogP contribution < -0.4 is 5.32 Å². The van der Waals surface area contributed by atoms with Crippen LogP contribution in [0.15, 0.2) is 29.4 Å². The summed E-state index contributed by atoms with van der Waals surface area (Å²) in [5, 5.41) is 5.86. The van der Waals surface area contributed by atoms with E-state index in [-0.39, 0.29) is 6.54 Å². The van der Waals surface area contributed by atoms with E-state index in [1.54, 1.807) is 30.4 Å². The number of amides is 1. The van der Waals surface area contributed by atoms with Gasteiger partial charge in [0.1, 0.15) is 0 Å². The van der Waals surface area contributed by atoms with Gasteiger partial charge in [-0.15, -0.1) is 0 Å². The molecular weight excluding hydrogens is 220 g/mol. The van der Waals surface area contributed by atoms with Gasteiger partial charge in [-0.3, -0.25) is 9.59 Å². The summed E-state index contributed by atoms with van der Waals surface area (Å²) in [6.07, 6.45) is 3.36. The van der Waals surface area contributed by atoms with Gasteiger partial charge in [0.2, 0.25) is 0 Å². The molecule has 0 unspecified atom stereocenters. The molecule has 0 fully saturated rings. The number of anilines is 1. The van der Waals surface area contributed by atoms with Crippen molar-refractivity contribution in [3.05, 3.63) is 45.8 Å². The first kappa shape index (κ1) is 10.9. The molecule has 0 saturated heterocycles. The summed E-state index contributed by atoms with van der Waals surface area (Å²) in [4.78, 5) is 25.2. The third-order valence-electron chi connectivity index (χ3n) is 2.33. The molecule has 1 aliphatic heterocycles. The van der Waals surface area contributed by atoms with Crippen LogP contribution in [-0.4, -0.2) is 18.2 Å². The van der Waals surface area contributed by atoms with E-state index in [0.717, 1.165) is 5.56 Å². The van der Waals surface area contributed by atoms with E-state index >= 15 is 0 Å². The molecule has 0 aromatic heterocycles. The molecule has 0 spiro atoms. The van der Waals surface area contributed by atoms with Gasteiger partial charge in [0.15, 0.2) is 0 Å². The smallest absolute Gasteiger partial charge is 0.296 e. The summed E-state index contributed by atoms with van der Waals surface area (Å²) in [6, 6.07) is 5.06. The van der Waals surface area contributed by atoms with E-state index in [0.29, 0.717) is 11.3 Å². The molecule has 0 saturated carbocycles. The van der Waals surface area contributed by atoms with Crippen molar-refractivity contribution in [3.63, 3.8) is 0 Å². The summed E-state index contributed by atoms with van der Waals surface area (Å²) < 4.78 is 0. The molecule has 1 aromatic rings. The summed E-state index contributed by atoms with van der Waals surface area (Å²) in [7, 11) is 0. The average Bonchev–Trinajstić information content (AvgIpc) is 2.62. The minimum Gasteiger partial charge on any atom is -0.318 e. The molecule has 0 radical (unpaired) electrons. The van der Waals surface area contributed by atoms with Crippen LogP contribution in [0.25, 0.3) is 16.5 Å². The molecule has 0 bridgehead atoms. The van der Waals surface area contributed by atoms with E-state index in [1.807, 2.05) is 0 Å². The maximum atomic E-state index is 11.4. The third-order valence-corrected chi connectivity index (χ3v) is 2.33. The maximum Gasteiger partial charge on any atom is 0.296 e. The molecule has 2 rings (SSSR count). The molecular formula is C11H8N4O2. The molecule has 1 aliphatic rings. The Balaban J connectivity index is 2.32. The second-order valence-electron chi connectivity index (χ2n) is 3.37. The Morgan fingerprint density at radius 3 is 3.00 bits per heavy atom. The molecule has 0 atom stereocenters. The van der Waals surface area contributed by atoms with Crippen LogP contribution in [-0.2, 0) is 4.79 Å². The minimum absolute atomic E-state index is 0.224. The topological polar surface area (TPSA) is 94.9 Å². The number of benzene rings is 1. The second kappa shape index (κ2) is 4.51. The van der Waals surface area contributed by atoms with Crippen LogP contribution in [0.4, 0.5) is 5.69 Å². The molecule has 0 aliphatic carbocycles. The lowest BCUT2D eigenvalue weighted by Gasteiger charge is -2.01. The summed E-state index contributed by atoms with van der Waals surface area (Å²) in [5.41, 5.74) is 9.72. The van der Waals surface area contributed by atoms with Crippen molar-refractivity contribution in [2.24, 2.45) is 5.11 Å². The summed E-state index contributed by atoms with van der Waals surface area (Å²) in [5.74, 6) is -1.14. The van der Waals surface area contributed by atoms with Crippen molar-refractivity contribution in [2.45, 2.75) is 0 Å². The number of azide groups is 1. The summed E-state index contributed by atoms with van der Waals surface area (Å²) >= 11 is 0. The predicted octanol–water partition coefficient (Wildman–Crippen LogP) is 2.14. The highest BCUT2D eigenvalue weighted by molar-refractivity contribution is 6.52. The zero-order chi connectivity index (χ0) is 12.3. The Morgan fingerprint density at radius 2 is 2.24 bits per heavy atom. The van der Waals surface area contributed by atoms with Crippen molar-refractivity contribution < 1.29 is 9.59 Å². The minimum atomic E-state index is -0.615. The van der Waals surface area contributed by atoms with Crippen LogP contribution in [0.2, 0.25) is 0 Å². The van der Waals surface area contributed by atoms with Gasteiger partial charge in [-0.2, -0.15) is 0 Å². The van der Waals surface area contributed by atoms with Crippen molar-refractivity contribution >= 4 is 23.5 Å².